The summed E-state index contributed by atoms with van der Waals surface area (Å²) in [6.45, 7) is 28.4. The molecule has 0 N–H and O–H groups in total. The van der Waals surface area contributed by atoms with Crippen molar-refractivity contribution >= 4 is 36.6 Å². The van der Waals surface area contributed by atoms with E-state index >= 15 is 0 Å². The fourth-order valence-corrected chi connectivity index (χ4v) is 7.16. The number of benzene rings is 4. The second kappa shape index (κ2) is 25.3. The van der Waals surface area contributed by atoms with Crippen LogP contribution in [0.2, 0.25) is 0 Å². The zero-order valence-electron chi connectivity index (χ0n) is 36.9. The summed E-state index contributed by atoms with van der Waals surface area (Å²) in [6.07, 6.45) is 9.08. The maximum atomic E-state index is 3.60. The smallest absolute Gasteiger partial charge is 0.343 e. The molecule has 2 heteroatoms. The zero-order valence-corrected chi connectivity index (χ0v) is 40.8. The molecule has 0 aromatic heterocycles. The second-order valence-electron chi connectivity index (χ2n) is 16.3. The molecule has 56 heavy (non-hydrogen) atoms. The van der Waals surface area contributed by atoms with Crippen LogP contribution in [0.3, 0.4) is 0 Å². The maximum absolute atomic E-state index is 3.60. The predicted molar refractivity (Wildman–Crippen MR) is 253 cm³/mol. The van der Waals surface area contributed by atoms with Gasteiger partial charge in [0.1, 0.15) is 0 Å². The fourth-order valence-electron chi connectivity index (χ4n) is 6.72. The summed E-state index contributed by atoms with van der Waals surface area (Å²) in [5, 5.41) is 7.26. The summed E-state index contributed by atoms with van der Waals surface area (Å²) in [6, 6.07) is 40.1. The summed E-state index contributed by atoms with van der Waals surface area (Å²) in [5.41, 5.74) is 11.6. The van der Waals surface area contributed by atoms with E-state index in [9.17, 15) is 0 Å². The molecule has 6 aromatic rings. The van der Waals surface area contributed by atoms with Gasteiger partial charge in [-0.3, -0.25) is 0 Å². The molecular weight excluding hydrogens is 768 g/mol. The van der Waals surface area contributed by atoms with E-state index in [-0.39, 0.29) is 26.2 Å². The van der Waals surface area contributed by atoms with Gasteiger partial charge in [-0.05, 0) is 58.4 Å². The van der Waals surface area contributed by atoms with E-state index in [4.69, 9.17) is 0 Å². The number of rotatable bonds is 12. The van der Waals surface area contributed by atoms with Crippen molar-refractivity contribution in [3.05, 3.63) is 167 Å². The number of hydrogen-bond donors (Lipinski definition) is 0. The summed E-state index contributed by atoms with van der Waals surface area (Å²) in [5.74, 6) is 2.42. The average Bonchev–Trinajstić information content (AvgIpc) is 3.82. The Balaban J connectivity index is 0.000000274. The third-order valence-corrected chi connectivity index (χ3v) is 11.2. The average molecular weight is 840 g/mol. The molecule has 0 saturated heterocycles. The molecule has 0 aliphatic rings. The van der Waals surface area contributed by atoms with Crippen LogP contribution in [0, 0.1) is 13.3 Å². The first kappa shape index (κ1) is 49.1. The predicted octanol–water partition coefficient (Wildman–Crippen LogP) is 15.2. The van der Waals surface area contributed by atoms with Crippen LogP contribution >= 0.6 is 0 Å². The van der Waals surface area contributed by atoms with Gasteiger partial charge in [0.15, 0.2) is 0 Å². The van der Waals surface area contributed by atoms with E-state index in [1.54, 1.807) is 0 Å². The van der Waals surface area contributed by atoms with Crippen molar-refractivity contribution in [3.63, 3.8) is 0 Å². The molecule has 0 radical (unpaired) electrons. The Labute approximate surface area is 365 Å². The first-order valence-corrected chi connectivity index (χ1v) is 21.9. The van der Waals surface area contributed by atoms with Crippen LogP contribution in [0.15, 0.2) is 109 Å². The molecule has 0 fully saturated rings. The number of fused-ring (bicyclic) bond motifs is 2. The van der Waals surface area contributed by atoms with Gasteiger partial charge >= 0.3 is 26.2 Å². The van der Waals surface area contributed by atoms with E-state index in [1.165, 1.54) is 77.6 Å². The van der Waals surface area contributed by atoms with Crippen molar-refractivity contribution in [3.8, 4) is 0 Å². The van der Waals surface area contributed by atoms with Crippen molar-refractivity contribution in [2.45, 2.75) is 138 Å². The molecule has 6 aromatic carbocycles. The maximum Gasteiger partial charge on any atom is 4.00 e. The number of aryl methyl sites for hydroxylation is 2. The van der Waals surface area contributed by atoms with Gasteiger partial charge in [-0.15, -0.1) is 69.1 Å². The van der Waals surface area contributed by atoms with E-state index in [0.29, 0.717) is 23.7 Å². The monoisotopic (exact) mass is 838 g/mol. The van der Waals surface area contributed by atoms with Crippen molar-refractivity contribution in [1.82, 2.24) is 0 Å². The minimum absolute atomic E-state index is 0. The molecule has 0 unspecified atom stereocenters. The van der Waals surface area contributed by atoms with Crippen LogP contribution in [0.1, 0.15) is 170 Å². The minimum atomic E-state index is 0. The Morgan fingerprint density at radius 3 is 1.38 bits per heavy atom. The first-order valence-electron chi connectivity index (χ1n) is 21.2. The Hall–Kier alpha value is -3.06. The van der Waals surface area contributed by atoms with Crippen LogP contribution < -0.4 is 0 Å². The zero-order chi connectivity index (χ0) is 40.5. The SMILES string of the molecule is CCc1cc2c(C(C)C)cc(C(C)C)cc2[cH-]1.CCc1cc2c(C(C)C)cc(C(C)C)cc2[cH-]1.[CH2-]CCC.[SiH2]=C(CC[CH-]c1ccccc1)c1ccccc1.[Zr+4]. The molecule has 0 atom stereocenters. The van der Waals surface area contributed by atoms with Crippen molar-refractivity contribution in [1.29, 1.82) is 0 Å². The summed E-state index contributed by atoms with van der Waals surface area (Å²) < 4.78 is 0. The summed E-state index contributed by atoms with van der Waals surface area (Å²) in [4.78, 5) is 0. The molecule has 0 aliphatic carbocycles. The van der Waals surface area contributed by atoms with Crippen LogP contribution in [-0.4, -0.2) is 15.0 Å². The van der Waals surface area contributed by atoms with Crippen LogP contribution in [-0.2, 0) is 39.0 Å². The molecular formula is C54H72SiZr. The molecule has 0 spiro atoms. The van der Waals surface area contributed by atoms with Crippen molar-refractivity contribution in [2.75, 3.05) is 0 Å². The van der Waals surface area contributed by atoms with Gasteiger partial charge in [-0.2, -0.15) is 42.7 Å². The Morgan fingerprint density at radius 1 is 0.607 bits per heavy atom. The molecule has 0 heterocycles. The Morgan fingerprint density at radius 2 is 1.02 bits per heavy atom. The molecule has 0 bridgehead atoms. The number of unbranched alkanes of at least 4 members (excludes halogenated alkanes) is 1. The topological polar surface area (TPSA) is 0 Å². The quantitative estimate of drug-likeness (QED) is 0.0851. The Kier molecular flexibility index (Phi) is 22.2. The van der Waals surface area contributed by atoms with E-state index in [0.717, 1.165) is 32.1 Å². The van der Waals surface area contributed by atoms with E-state index < -0.39 is 0 Å². The third-order valence-electron chi connectivity index (χ3n) is 10.4. The molecule has 0 nitrogen and oxygen atoms in total. The minimum Gasteiger partial charge on any atom is -0.343 e. The van der Waals surface area contributed by atoms with Gasteiger partial charge in [0.2, 0.25) is 0 Å². The Bertz CT molecular complexity index is 1880. The van der Waals surface area contributed by atoms with Crippen molar-refractivity contribution < 1.29 is 26.2 Å². The van der Waals surface area contributed by atoms with Gasteiger partial charge in [0, 0.05) is 0 Å². The van der Waals surface area contributed by atoms with Crippen LogP contribution in [0.25, 0.3) is 21.5 Å². The molecule has 0 saturated carbocycles. The van der Waals surface area contributed by atoms with Crippen molar-refractivity contribution in [2.24, 2.45) is 0 Å². The first-order chi connectivity index (χ1) is 26.3. The van der Waals surface area contributed by atoms with E-state index in [2.05, 4.69) is 199 Å². The molecule has 296 valence electrons. The molecule has 6 rings (SSSR count). The third kappa shape index (κ3) is 15.0. The van der Waals surface area contributed by atoms with Gasteiger partial charge in [-0.1, -0.05) is 165 Å². The second-order valence-corrected chi connectivity index (χ2v) is 17.1. The molecule has 0 amide bonds. The van der Waals surface area contributed by atoms with Gasteiger partial charge in [-0.25, -0.2) is 0 Å². The fraction of sp³-hybridized carbons (Fsp3) is 0.389. The normalized spacial score (nSPS) is 10.8. The van der Waals surface area contributed by atoms with Crippen LogP contribution in [0.4, 0.5) is 0 Å². The van der Waals surface area contributed by atoms with Gasteiger partial charge < -0.3 is 6.92 Å². The standard InChI is InChI=1S/2C17H23.C16H17Si.C4H9.Zr/c2*1-6-13-7-15-9-14(11(2)3)10-16(12(4)5)17(15)8-13;17-16(15-11-5-2-6-12-15)13-7-10-14-8-3-1-4-9-14;1-3-4-2;/h2*7-12H,6H2,1-5H3;1-6,8-12H,7,13,17H2;1,3-4H2,2H3;/q4*-1;+4. The van der Waals surface area contributed by atoms with Crippen LogP contribution in [0.5, 0.6) is 0 Å². The van der Waals surface area contributed by atoms with E-state index in [1.807, 2.05) is 9.85 Å². The number of hydrogen-bond acceptors (Lipinski definition) is 0. The summed E-state index contributed by atoms with van der Waals surface area (Å²) in [7, 11) is 2.00. The molecule has 0 aliphatic heterocycles. The summed E-state index contributed by atoms with van der Waals surface area (Å²) >= 11 is 0. The van der Waals surface area contributed by atoms with Gasteiger partial charge in [0.05, 0.1) is 0 Å². The van der Waals surface area contributed by atoms with Gasteiger partial charge in [0.25, 0.3) is 0 Å². The largest absolute Gasteiger partial charge is 4.00 e.